The smallest absolute Gasteiger partial charge is 0.289 e. The van der Waals surface area contributed by atoms with Gasteiger partial charge in [0, 0.05) is 5.56 Å². The Morgan fingerprint density at radius 3 is 2.72 bits per heavy atom. The fourth-order valence-electron chi connectivity index (χ4n) is 1.66. The van der Waals surface area contributed by atoms with Crippen molar-refractivity contribution in [1.29, 1.82) is 0 Å². The van der Waals surface area contributed by atoms with Crippen molar-refractivity contribution in [2.24, 2.45) is 5.84 Å². The summed E-state index contributed by atoms with van der Waals surface area (Å²) in [6, 6.07) is 6.71. The first-order chi connectivity index (χ1) is 8.63. The van der Waals surface area contributed by atoms with E-state index < -0.39 is 5.91 Å². The standard InChI is InChI=1S/C11H11N3O3S/c12-13-10(16)8-4-2-1-3-7(8)5-14-9(15)6-18-11(14)17/h1-4H,5-6,12H2,(H,13,16). The van der Waals surface area contributed by atoms with Gasteiger partial charge in [0.05, 0.1) is 12.3 Å². The Bertz CT molecular complexity index is 502. The monoisotopic (exact) mass is 265 g/mol. The van der Waals surface area contributed by atoms with Gasteiger partial charge in [-0.15, -0.1) is 0 Å². The third-order valence-corrected chi connectivity index (χ3v) is 3.42. The summed E-state index contributed by atoms with van der Waals surface area (Å²) < 4.78 is 0. The Balaban J connectivity index is 2.26. The average Bonchev–Trinajstić information content (AvgIpc) is 2.70. The lowest BCUT2D eigenvalue weighted by molar-refractivity contribution is -0.125. The average molecular weight is 265 g/mol. The van der Waals surface area contributed by atoms with Crippen molar-refractivity contribution in [3.63, 3.8) is 0 Å². The van der Waals surface area contributed by atoms with E-state index in [0.29, 0.717) is 11.1 Å². The second kappa shape index (κ2) is 5.19. The zero-order valence-electron chi connectivity index (χ0n) is 9.38. The van der Waals surface area contributed by atoms with Crippen molar-refractivity contribution >= 4 is 28.8 Å². The minimum absolute atomic E-state index is 0.0915. The van der Waals surface area contributed by atoms with Gasteiger partial charge < -0.3 is 0 Å². The maximum atomic E-state index is 11.5. The van der Waals surface area contributed by atoms with Crippen molar-refractivity contribution in [2.75, 3.05) is 5.75 Å². The number of nitrogens with two attached hydrogens (primary N) is 1. The molecule has 0 atom stereocenters. The number of hydrazine groups is 1. The predicted octanol–water partition coefficient (Wildman–Crippen LogP) is 0.485. The van der Waals surface area contributed by atoms with E-state index in [9.17, 15) is 14.4 Å². The van der Waals surface area contributed by atoms with Crippen LogP contribution < -0.4 is 11.3 Å². The Morgan fingerprint density at radius 1 is 1.39 bits per heavy atom. The molecule has 1 fully saturated rings. The molecule has 7 heteroatoms. The summed E-state index contributed by atoms with van der Waals surface area (Å²) in [7, 11) is 0. The van der Waals surface area contributed by atoms with Gasteiger partial charge in [0.2, 0.25) is 5.91 Å². The molecule has 3 amide bonds. The number of nitrogens with one attached hydrogen (secondary N) is 1. The minimum atomic E-state index is -0.447. The van der Waals surface area contributed by atoms with Crippen LogP contribution in [0.4, 0.5) is 4.79 Å². The van der Waals surface area contributed by atoms with Crippen molar-refractivity contribution in [3.05, 3.63) is 35.4 Å². The lowest BCUT2D eigenvalue weighted by Crippen LogP contribution is -2.33. The van der Waals surface area contributed by atoms with Gasteiger partial charge in [0.1, 0.15) is 0 Å². The van der Waals surface area contributed by atoms with Crippen LogP contribution in [0.3, 0.4) is 0 Å². The molecule has 3 N–H and O–H groups in total. The van der Waals surface area contributed by atoms with E-state index in [-0.39, 0.29) is 23.4 Å². The number of carbonyl (C=O) groups excluding carboxylic acids is 3. The van der Waals surface area contributed by atoms with E-state index in [4.69, 9.17) is 5.84 Å². The molecule has 0 saturated carbocycles. The normalized spacial score (nSPS) is 15.1. The number of nitrogen functional groups attached to an aromatic ring is 1. The molecular formula is C11H11N3O3S. The highest BCUT2D eigenvalue weighted by Gasteiger charge is 2.30. The summed E-state index contributed by atoms with van der Waals surface area (Å²) in [5, 5.41) is -0.289. The molecule has 0 aromatic heterocycles. The molecule has 0 unspecified atom stereocenters. The van der Waals surface area contributed by atoms with Crippen LogP contribution in [0.15, 0.2) is 24.3 Å². The van der Waals surface area contributed by atoms with Crippen molar-refractivity contribution in [1.82, 2.24) is 10.3 Å². The van der Waals surface area contributed by atoms with Gasteiger partial charge >= 0.3 is 0 Å². The van der Waals surface area contributed by atoms with E-state index >= 15 is 0 Å². The van der Waals surface area contributed by atoms with Crippen LogP contribution in [0.5, 0.6) is 0 Å². The van der Waals surface area contributed by atoms with E-state index in [1.165, 1.54) is 0 Å². The second-order valence-corrected chi connectivity index (χ2v) is 4.59. The summed E-state index contributed by atoms with van der Waals surface area (Å²) in [5.41, 5.74) is 2.98. The molecule has 0 bridgehead atoms. The molecule has 1 heterocycles. The fraction of sp³-hybridized carbons (Fsp3) is 0.182. The summed E-state index contributed by atoms with van der Waals surface area (Å²) in [6.45, 7) is 0.0915. The number of carbonyl (C=O) groups is 3. The molecule has 6 nitrogen and oxygen atoms in total. The topological polar surface area (TPSA) is 92.5 Å². The maximum Gasteiger partial charge on any atom is 0.289 e. The van der Waals surface area contributed by atoms with Crippen LogP contribution in [0.25, 0.3) is 0 Å². The van der Waals surface area contributed by atoms with Gasteiger partial charge in [-0.1, -0.05) is 30.0 Å². The molecule has 1 aromatic carbocycles. The first kappa shape index (κ1) is 12.6. The Morgan fingerprint density at radius 2 is 2.11 bits per heavy atom. The molecule has 1 aliphatic rings. The third kappa shape index (κ3) is 2.36. The first-order valence-corrected chi connectivity index (χ1v) is 6.18. The maximum absolute atomic E-state index is 11.5. The zero-order valence-corrected chi connectivity index (χ0v) is 10.2. The van der Waals surface area contributed by atoms with Gasteiger partial charge in [-0.3, -0.25) is 24.7 Å². The largest absolute Gasteiger partial charge is 0.290 e. The number of amides is 3. The molecule has 0 spiro atoms. The second-order valence-electron chi connectivity index (χ2n) is 3.67. The number of hydrogen-bond donors (Lipinski definition) is 2. The molecule has 1 aromatic rings. The molecule has 0 aliphatic carbocycles. The number of thioether (sulfide) groups is 1. The van der Waals surface area contributed by atoms with E-state index in [0.717, 1.165) is 16.7 Å². The van der Waals surface area contributed by atoms with Gasteiger partial charge in [-0.25, -0.2) is 5.84 Å². The molecule has 1 saturated heterocycles. The van der Waals surface area contributed by atoms with Crippen LogP contribution in [0, 0.1) is 0 Å². The molecule has 94 valence electrons. The highest BCUT2D eigenvalue weighted by molar-refractivity contribution is 8.14. The van der Waals surface area contributed by atoms with Crippen molar-refractivity contribution in [3.8, 4) is 0 Å². The zero-order chi connectivity index (χ0) is 13.1. The number of imide groups is 1. The molecular weight excluding hydrogens is 254 g/mol. The van der Waals surface area contributed by atoms with Crippen LogP contribution in [-0.2, 0) is 11.3 Å². The number of rotatable bonds is 3. The van der Waals surface area contributed by atoms with Crippen LogP contribution >= 0.6 is 11.8 Å². The lowest BCUT2D eigenvalue weighted by Gasteiger charge is -2.15. The van der Waals surface area contributed by atoms with Gasteiger partial charge in [-0.2, -0.15) is 0 Å². The molecule has 0 radical (unpaired) electrons. The fourth-order valence-corrected chi connectivity index (χ4v) is 2.39. The predicted molar refractivity (Wildman–Crippen MR) is 66.5 cm³/mol. The van der Waals surface area contributed by atoms with E-state index in [2.05, 4.69) is 0 Å². The molecule has 2 rings (SSSR count). The van der Waals surface area contributed by atoms with Crippen LogP contribution in [-0.4, -0.2) is 27.7 Å². The number of hydrogen-bond acceptors (Lipinski definition) is 5. The highest BCUT2D eigenvalue weighted by Crippen LogP contribution is 2.22. The molecule has 18 heavy (non-hydrogen) atoms. The lowest BCUT2D eigenvalue weighted by atomic mass is 10.1. The van der Waals surface area contributed by atoms with Crippen molar-refractivity contribution in [2.45, 2.75) is 6.54 Å². The summed E-state index contributed by atoms with van der Waals surface area (Å²) in [6.07, 6.45) is 0. The van der Waals surface area contributed by atoms with Crippen molar-refractivity contribution < 1.29 is 14.4 Å². The Hall–Kier alpha value is -1.86. The summed E-state index contributed by atoms with van der Waals surface area (Å²) in [5.74, 6) is 4.55. The third-order valence-electron chi connectivity index (χ3n) is 2.56. The summed E-state index contributed by atoms with van der Waals surface area (Å²) in [4.78, 5) is 35.7. The Labute approximate surface area is 107 Å². The highest BCUT2D eigenvalue weighted by atomic mass is 32.2. The van der Waals surface area contributed by atoms with Gasteiger partial charge in [0.25, 0.3) is 11.1 Å². The summed E-state index contributed by atoms with van der Waals surface area (Å²) >= 11 is 0.965. The van der Waals surface area contributed by atoms with E-state index in [1.807, 2.05) is 5.43 Å². The first-order valence-electron chi connectivity index (χ1n) is 5.19. The minimum Gasteiger partial charge on any atom is -0.290 e. The van der Waals surface area contributed by atoms with Crippen LogP contribution in [0.2, 0.25) is 0 Å². The SMILES string of the molecule is NNC(=O)c1ccccc1CN1C(=O)CSC1=O. The van der Waals surface area contributed by atoms with Crippen LogP contribution in [0.1, 0.15) is 15.9 Å². The quantitative estimate of drug-likeness (QED) is 0.471. The Kier molecular flexibility index (Phi) is 3.63. The van der Waals surface area contributed by atoms with Gasteiger partial charge in [0.15, 0.2) is 0 Å². The van der Waals surface area contributed by atoms with E-state index in [1.54, 1.807) is 24.3 Å². The van der Waals surface area contributed by atoms with Gasteiger partial charge in [-0.05, 0) is 11.6 Å². The number of benzene rings is 1. The number of nitrogens with zero attached hydrogens (tertiary/aromatic N) is 1. The molecule has 1 aliphatic heterocycles.